The second-order valence-corrected chi connectivity index (χ2v) is 5.95. The Bertz CT molecular complexity index is 372. The van der Waals surface area contributed by atoms with Gasteiger partial charge in [-0.05, 0) is 39.3 Å². The van der Waals surface area contributed by atoms with E-state index in [9.17, 15) is 9.59 Å². The molecule has 2 fully saturated rings. The number of hydrogen-bond acceptors (Lipinski definition) is 4. The number of nitrogens with zero attached hydrogens (tertiary/aromatic N) is 2. The molecule has 0 spiro atoms. The SMILES string of the molecule is CCC(C)N1C(=O)CC(NCC2CCCN2CC)C1=O. The Labute approximate surface area is 121 Å². The van der Waals surface area contributed by atoms with Gasteiger partial charge < -0.3 is 5.32 Å². The molecule has 1 N–H and O–H groups in total. The standard InChI is InChI=1S/C15H27N3O2/c1-4-11(3)18-14(19)9-13(15(18)20)16-10-12-7-6-8-17(12)5-2/h11-13,16H,4-10H2,1-3H3. The van der Waals surface area contributed by atoms with Crippen molar-refractivity contribution in [3.63, 3.8) is 0 Å². The average molecular weight is 281 g/mol. The van der Waals surface area contributed by atoms with E-state index in [1.54, 1.807) is 0 Å². The van der Waals surface area contributed by atoms with Crippen LogP contribution in [-0.2, 0) is 9.59 Å². The molecule has 0 saturated carbocycles. The average Bonchev–Trinajstić information content (AvgIpc) is 3.00. The number of likely N-dealkylation sites (tertiary alicyclic amines) is 2. The minimum absolute atomic E-state index is 0.0143. The van der Waals surface area contributed by atoms with E-state index in [1.807, 2.05) is 13.8 Å². The second-order valence-electron chi connectivity index (χ2n) is 5.95. The van der Waals surface area contributed by atoms with E-state index in [0.29, 0.717) is 12.5 Å². The second kappa shape index (κ2) is 6.68. The predicted molar refractivity (Wildman–Crippen MR) is 78.3 cm³/mol. The fourth-order valence-electron chi connectivity index (χ4n) is 3.28. The van der Waals surface area contributed by atoms with Gasteiger partial charge in [-0.2, -0.15) is 0 Å². The highest BCUT2D eigenvalue weighted by molar-refractivity contribution is 6.05. The van der Waals surface area contributed by atoms with Crippen LogP contribution >= 0.6 is 0 Å². The van der Waals surface area contributed by atoms with Crippen LogP contribution in [0.4, 0.5) is 0 Å². The molecule has 2 aliphatic heterocycles. The Morgan fingerprint density at radius 1 is 1.35 bits per heavy atom. The Morgan fingerprint density at radius 3 is 2.75 bits per heavy atom. The molecule has 0 aromatic carbocycles. The largest absolute Gasteiger partial charge is 0.304 e. The van der Waals surface area contributed by atoms with Gasteiger partial charge in [0.1, 0.15) is 0 Å². The summed E-state index contributed by atoms with van der Waals surface area (Å²) in [6, 6.07) is 0.219. The minimum Gasteiger partial charge on any atom is -0.304 e. The Kier molecular flexibility index (Phi) is 5.16. The molecule has 20 heavy (non-hydrogen) atoms. The molecule has 2 rings (SSSR count). The van der Waals surface area contributed by atoms with Crippen LogP contribution in [0.25, 0.3) is 0 Å². The highest BCUT2D eigenvalue weighted by atomic mass is 16.2. The molecule has 114 valence electrons. The lowest BCUT2D eigenvalue weighted by atomic mass is 10.2. The fourth-order valence-corrected chi connectivity index (χ4v) is 3.28. The van der Waals surface area contributed by atoms with E-state index in [1.165, 1.54) is 17.7 Å². The summed E-state index contributed by atoms with van der Waals surface area (Å²) in [5.74, 6) is -0.0639. The van der Waals surface area contributed by atoms with E-state index in [4.69, 9.17) is 0 Å². The van der Waals surface area contributed by atoms with E-state index in [2.05, 4.69) is 17.1 Å². The molecule has 2 amide bonds. The highest BCUT2D eigenvalue weighted by Gasteiger charge is 2.40. The first-order valence-electron chi connectivity index (χ1n) is 7.91. The monoisotopic (exact) mass is 281 g/mol. The molecule has 5 nitrogen and oxygen atoms in total. The summed E-state index contributed by atoms with van der Waals surface area (Å²) in [6.45, 7) is 9.14. The van der Waals surface area contributed by atoms with E-state index >= 15 is 0 Å². The van der Waals surface area contributed by atoms with Gasteiger partial charge in [-0.15, -0.1) is 0 Å². The molecule has 0 aromatic heterocycles. The van der Waals surface area contributed by atoms with Crippen LogP contribution in [0, 0.1) is 0 Å². The normalized spacial score (nSPS) is 29.4. The number of likely N-dealkylation sites (N-methyl/N-ethyl adjacent to an activating group) is 1. The third-order valence-corrected chi connectivity index (χ3v) is 4.72. The first-order valence-corrected chi connectivity index (χ1v) is 7.91. The summed E-state index contributed by atoms with van der Waals surface area (Å²) in [5.41, 5.74) is 0. The van der Waals surface area contributed by atoms with Crippen molar-refractivity contribution in [3.05, 3.63) is 0 Å². The van der Waals surface area contributed by atoms with Crippen LogP contribution in [0.3, 0.4) is 0 Å². The molecule has 2 aliphatic rings. The number of hydrogen-bond donors (Lipinski definition) is 1. The highest BCUT2D eigenvalue weighted by Crippen LogP contribution is 2.20. The molecule has 5 heteroatoms. The van der Waals surface area contributed by atoms with Crippen LogP contribution < -0.4 is 5.32 Å². The van der Waals surface area contributed by atoms with Crippen molar-refractivity contribution in [3.8, 4) is 0 Å². The zero-order chi connectivity index (χ0) is 14.7. The van der Waals surface area contributed by atoms with Gasteiger partial charge in [0.25, 0.3) is 0 Å². The van der Waals surface area contributed by atoms with Gasteiger partial charge in [-0.1, -0.05) is 13.8 Å². The van der Waals surface area contributed by atoms with Gasteiger partial charge in [0, 0.05) is 18.6 Å². The summed E-state index contributed by atoms with van der Waals surface area (Å²) in [7, 11) is 0. The summed E-state index contributed by atoms with van der Waals surface area (Å²) < 4.78 is 0. The molecule has 2 saturated heterocycles. The van der Waals surface area contributed by atoms with E-state index in [0.717, 1.165) is 26.1 Å². The number of carbonyl (C=O) groups is 2. The zero-order valence-electron chi connectivity index (χ0n) is 12.9. The van der Waals surface area contributed by atoms with E-state index in [-0.39, 0.29) is 23.9 Å². The summed E-state index contributed by atoms with van der Waals surface area (Å²) in [4.78, 5) is 28.2. The van der Waals surface area contributed by atoms with Crippen molar-refractivity contribution < 1.29 is 9.59 Å². The summed E-state index contributed by atoms with van der Waals surface area (Å²) in [6.07, 6.45) is 3.56. The lowest BCUT2D eigenvalue weighted by Crippen LogP contribution is -2.46. The van der Waals surface area contributed by atoms with Crippen molar-refractivity contribution in [2.24, 2.45) is 0 Å². The van der Waals surface area contributed by atoms with Gasteiger partial charge in [0.2, 0.25) is 11.8 Å². The maximum atomic E-state index is 12.3. The first kappa shape index (κ1) is 15.4. The van der Waals surface area contributed by atoms with Crippen molar-refractivity contribution >= 4 is 11.8 Å². The van der Waals surface area contributed by atoms with Gasteiger partial charge in [-0.3, -0.25) is 19.4 Å². The Morgan fingerprint density at radius 2 is 2.10 bits per heavy atom. The minimum atomic E-state index is -0.309. The molecule has 2 heterocycles. The molecular formula is C15H27N3O2. The third-order valence-electron chi connectivity index (χ3n) is 4.72. The smallest absolute Gasteiger partial charge is 0.247 e. The van der Waals surface area contributed by atoms with Gasteiger partial charge in [0.15, 0.2) is 0 Å². The van der Waals surface area contributed by atoms with Crippen molar-refractivity contribution in [2.45, 2.75) is 64.6 Å². The summed E-state index contributed by atoms with van der Waals surface area (Å²) in [5, 5.41) is 3.32. The van der Waals surface area contributed by atoms with Crippen LogP contribution in [-0.4, -0.2) is 59.4 Å². The van der Waals surface area contributed by atoms with Crippen molar-refractivity contribution in [1.82, 2.24) is 15.1 Å². The quantitative estimate of drug-likeness (QED) is 0.738. The third kappa shape index (κ3) is 3.04. The first-order chi connectivity index (χ1) is 9.58. The molecule has 0 aliphatic carbocycles. The molecule has 3 atom stereocenters. The van der Waals surface area contributed by atoms with Crippen LogP contribution in [0.15, 0.2) is 0 Å². The van der Waals surface area contributed by atoms with Crippen LogP contribution in [0.2, 0.25) is 0 Å². The predicted octanol–water partition coefficient (Wildman–Crippen LogP) is 0.986. The van der Waals surface area contributed by atoms with Crippen molar-refractivity contribution in [1.29, 1.82) is 0 Å². The van der Waals surface area contributed by atoms with Crippen LogP contribution in [0.5, 0.6) is 0 Å². The molecule has 0 bridgehead atoms. The zero-order valence-corrected chi connectivity index (χ0v) is 12.9. The number of imide groups is 1. The van der Waals surface area contributed by atoms with Gasteiger partial charge in [0.05, 0.1) is 12.5 Å². The van der Waals surface area contributed by atoms with Crippen molar-refractivity contribution in [2.75, 3.05) is 19.6 Å². The Balaban J connectivity index is 1.88. The molecule has 0 aromatic rings. The number of amides is 2. The van der Waals surface area contributed by atoms with Gasteiger partial charge >= 0.3 is 0 Å². The Hall–Kier alpha value is -0.940. The van der Waals surface area contributed by atoms with Crippen LogP contribution in [0.1, 0.15) is 46.5 Å². The molecule has 0 radical (unpaired) electrons. The number of carbonyl (C=O) groups excluding carboxylic acids is 2. The number of rotatable bonds is 6. The van der Waals surface area contributed by atoms with E-state index < -0.39 is 0 Å². The number of nitrogens with one attached hydrogen (secondary N) is 1. The maximum Gasteiger partial charge on any atom is 0.247 e. The molecule has 3 unspecified atom stereocenters. The maximum absolute atomic E-state index is 12.3. The summed E-state index contributed by atoms with van der Waals surface area (Å²) >= 11 is 0. The van der Waals surface area contributed by atoms with Gasteiger partial charge in [-0.25, -0.2) is 0 Å². The fraction of sp³-hybridized carbons (Fsp3) is 0.867. The topological polar surface area (TPSA) is 52.7 Å². The lowest BCUT2D eigenvalue weighted by molar-refractivity contribution is -0.141. The lowest BCUT2D eigenvalue weighted by Gasteiger charge is -2.25. The molecular weight excluding hydrogens is 254 g/mol.